The first-order valence-corrected chi connectivity index (χ1v) is 17.7. The monoisotopic (exact) mass is 724 g/mol. The number of carbonyl (C=O) groups excluding carboxylic acids is 6. The Labute approximate surface area is 307 Å². The summed E-state index contributed by atoms with van der Waals surface area (Å²) >= 11 is 0. The Hall–Kier alpha value is -4.94. The summed E-state index contributed by atoms with van der Waals surface area (Å²) in [6, 6.07) is 13.3. The van der Waals surface area contributed by atoms with Crippen LogP contribution in [0.15, 0.2) is 60.7 Å². The summed E-state index contributed by atoms with van der Waals surface area (Å²) in [5, 5.41) is 8.74. The molecule has 52 heavy (non-hydrogen) atoms. The van der Waals surface area contributed by atoms with Gasteiger partial charge in [0.15, 0.2) is 6.04 Å². The second-order valence-electron chi connectivity index (χ2n) is 14.5. The molecule has 3 N–H and O–H groups in total. The highest BCUT2D eigenvalue weighted by Crippen LogP contribution is 2.20. The first kappa shape index (κ1) is 43.2. The van der Waals surface area contributed by atoms with Crippen molar-refractivity contribution in [3.8, 4) is 0 Å². The summed E-state index contributed by atoms with van der Waals surface area (Å²) in [7, 11) is 0. The molecule has 0 saturated carbocycles. The Morgan fingerprint density at radius 3 is 1.77 bits per heavy atom. The predicted octanol–water partition coefficient (Wildman–Crippen LogP) is 4.87. The van der Waals surface area contributed by atoms with Crippen molar-refractivity contribution in [2.45, 2.75) is 118 Å². The van der Waals surface area contributed by atoms with Crippen molar-refractivity contribution in [2.75, 3.05) is 0 Å². The van der Waals surface area contributed by atoms with Gasteiger partial charge in [-0.2, -0.15) is 5.06 Å². The lowest BCUT2D eigenvalue weighted by Crippen LogP contribution is -2.62. The number of alkyl carbamates (subject to hydrolysis) is 1. The normalized spacial score (nSPS) is 14.2. The summed E-state index contributed by atoms with van der Waals surface area (Å²) < 4.78 is 11.0. The van der Waals surface area contributed by atoms with Gasteiger partial charge in [0, 0.05) is 13.3 Å². The third kappa shape index (κ3) is 14.0. The lowest BCUT2D eigenvalue weighted by Gasteiger charge is -2.36. The third-order valence-electron chi connectivity index (χ3n) is 8.10. The Bertz CT molecular complexity index is 1490. The average molecular weight is 725 g/mol. The van der Waals surface area contributed by atoms with Crippen LogP contribution in [0.1, 0.15) is 86.8 Å². The van der Waals surface area contributed by atoms with Crippen molar-refractivity contribution in [3.63, 3.8) is 0 Å². The van der Waals surface area contributed by atoms with Crippen LogP contribution in [0.4, 0.5) is 4.79 Å². The van der Waals surface area contributed by atoms with Crippen molar-refractivity contribution in [1.82, 2.24) is 21.0 Å². The van der Waals surface area contributed by atoms with Gasteiger partial charge in [0.1, 0.15) is 30.3 Å². The number of esters is 1. The summed E-state index contributed by atoms with van der Waals surface area (Å²) in [6.45, 7) is 16.4. The molecular formula is C39H56N4O9. The minimum atomic E-state index is -1.41. The lowest BCUT2D eigenvalue weighted by atomic mass is 9.95. The van der Waals surface area contributed by atoms with Crippen LogP contribution in [-0.2, 0) is 51.3 Å². The Morgan fingerprint density at radius 2 is 1.29 bits per heavy atom. The van der Waals surface area contributed by atoms with Crippen LogP contribution < -0.4 is 16.0 Å². The molecule has 0 unspecified atom stereocenters. The van der Waals surface area contributed by atoms with Gasteiger partial charge in [-0.25, -0.2) is 9.59 Å². The Morgan fingerprint density at radius 1 is 0.731 bits per heavy atom. The second kappa shape index (κ2) is 20.2. The molecule has 2 aromatic rings. The fourth-order valence-electron chi connectivity index (χ4n) is 5.22. The number of hydroxylamine groups is 2. The van der Waals surface area contributed by atoms with E-state index in [-0.39, 0.29) is 13.0 Å². The number of hydrogen-bond donors (Lipinski definition) is 3. The molecule has 0 heterocycles. The van der Waals surface area contributed by atoms with Crippen molar-refractivity contribution < 1.29 is 43.1 Å². The van der Waals surface area contributed by atoms with Gasteiger partial charge in [-0.05, 0) is 49.7 Å². The molecule has 0 saturated heterocycles. The number of amides is 4. The van der Waals surface area contributed by atoms with Gasteiger partial charge >= 0.3 is 18.0 Å². The molecular weight excluding hydrogens is 668 g/mol. The predicted molar refractivity (Wildman–Crippen MR) is 195 cm³/mol. The zero-order valence-corrected chi connectivity index (χ0v) is 32.1. The van der Waals surface area contributed by atoms with Crippen molar-refractivity contribution in [1.29, 1.82) is 0 Å². The fourth-order valence-corrected chi connectivity index (χ4v) is 5.22. The summed E-state index contributed by atoms with van der Waals surface area (Å²) in [4.78, 5) is 85.9. The van der Waals surface area contributed by atoms with Crippen LogP contribution in [0.2, 0.25) is 0 Å². The highest BCUT2D eigenvalue weighted by Gasteiger charge is 2.42. The van der Waals surface area contributed by atoms with E-state index >= 15 is 0 Å². The first-order chi connectivity index (χ1) is 24.3. The van der Waals surface area contributed by atoms with Gasteiger partial charge in [0.25, 0.3) is 5.91 Å². The molecule has 5 atom stereocenters. The van der Waals surface area contributed by atoms with Crippen LogP contribution in [0.5, 0.6) is 0 Å². The molecule has 0 spiro atoms. The third-order valence-corrected chi connectivity index (χ3v) is 8.10. The number of nitrogens with zero attached hydrogens (tertiary/aromatic N) is 1. The van der Waals surface area contributed by atoms with E-state index in [2.05, 4.69) is 16.0 Å². The molecule has 13 nitrogen and oxygen atoms in total. The van der Waals surface area contributed by atoms with Gasteiger partial charge in [-0.1, -0.05) is 109 Å². The summed E-state index contributed by atoms with van der Waals surface area (Å²) in [6.07, 6.45) is -0.278. The zero-order valence-electron chi connectivity index (χ0n) is 32.1. The van der Waals surface area contributed by atoms with E-state index in [4.69, 9.17) is 14.3 Å². The van der Waals surface area contributed by atoms with Gasteiger partial charge in [-0.3, -0.25) is 19.2 Å². The van der Waals surface area contributed by atoms with E-state index in [0.29, 0.717) is 11.5 Å². The number of rotatable bonds is 16. The van der Waals surface area contributed by atoms with E-state index in [1.165, 1.54) is 0 Å². The van der Waals surface area contributed by atoms with Gasteiger partial charge in [0.05, 0.1) is 0 Å². The van der Waals surface area contributed by atoms with E-state index in [1.807, 2.05) is 67.6 Å². The number of ether oxygens (including phenoxy) is 2. The van der Waals surface area contributed by atoms with Gasteiger partial charge in [0.2, 0.25) is 11.8 Å². The van der Waals surface area contributed by atoms with Crippen molar-refractivity contribution >= 4 is 35.8 Å². The highest BCUT2D eigenvalue weighted by atomic mass is 16.7. The highest BCUT2D eigenvalue weighted by molar-refractivity contribution is 5.95. The molecule has 2 aromatic carbocycles. The SMILES string of the molecule is CC[C@H](C)[C@H](NC(=O)OC(C)(C)C)C(=O)N(OC(C)=O)[C@H](C(=O)N[C@H](C(=O)N[C@@H](Cc1ccccc1)C(=O)OCc1ccccc1)C(C)C)C(C)C. The van der Waals surface area contributed by atoms with Crippen LogP contribution >= 0.6 is 0 Å². The lowest BCUT2D eigenvalue weighted by molar-refractivity contribution is -0.211. The number of benzene rings is 2. The van der Waals surface area contributed by atoms with E-state index < -0.39 is 83.3 Å². The fraction of sp³-hybridized carbons (Fsp3) is 0.538. The molecule has 0 aliphatic carbocycles. The molecule has 0 aliphatic heterocycles. The van der Waals surface area contributed by atoms with Crippen LogP contribution in [0.3, 0.4) is 0 Å². The second-order valence-corrected chi connectivity index (χ2v) is 14.5. The van der Waals surface area contributed by atoms with Crippen LogP contribution in [-0.4, -0.2) is 70.6 Å². The smallest absolute Gasteiger partial charge is 0.408 e. The maximum absolute atomic E-state index is 14.1. The maximum Gasteiger partial charge on any atom is 0.408 e. The quantitative estimate of drug-likeness (QED) is 0.162. The molecule has 286 valence electrons. The Balaban J connectivity index is 2.39. The maximum atomic E-state index is 14.1. The van der Waals surface area contributed by atoms with Crippen LogP contribution in [0.25, 0.3) is 0 Å². The molecule has 0 bridgehead atoms. The van der Waals surface area contributed by atoms with E-state index in [0.717, 1.165) is 18.1 Å². The standard InChI is InChI=1S/C39H56N4O9/c1-11-26(6)32(42-38(49)51-39(8,9)10)36(47)43(52-27(7)44)33(25(4)5)35(46)41-31(24(2)3)34(45)40-30(22-28-18-14-12-15-19-28)37(48)50-23-29-20-16-13-17-21-29/h12-21,24-26,30-33H,11,22-23H2,1-10H3,(H,40,45)(H,41,46)(H,42,49)/t26-,30-,31-,32-,33-/m0/s1. The topological polar surface area (TPSA) is 169 Å². The van der Waals surface area contributed by atoms with Gasteiger partial charge < -0.3 is 30.3 Å². The molecule has 0 aromatic heterocycles. The van der Waals surface area contributed by atoms with E-state index in [9.17, 15) is 28.8 Å². The van der Waals surface area contributed by atoms with E-state index in [1.54, 1.807) is 55.4 Å². The summed E-state index contributed by atoms with van der Waals surface area (Å²) in [5.74, 6) is -5.38. The first-order valence-electron chi connectivity index (χ1n) is 17.7. The van der Waals surface area contributed by atoms with Crippen molar-refractivity contribution in [2.24, 2.45) is 17.8 Å². The van der Waals surface area contributed by atoms with Gasteiger partial charge in [-0.15, -0.1) is 0 Å². The minimum Gasteiger partial charge on any atom is -0.459 e. The average Bonchev–Trinajstić information content (AvgIpc) is 3.06. The molecule has 2 rings (SSSR count). The number of hydrogen-bond acceptors (Lipinski definition) is 9. The number of nitrogens with one attached hydrogen (secondary N) is 3. The molecule has 0 radical (unpaired) electrons. The minimum absolute atomic E-state index is 0.00167. The number of carbonyl (C=O) groups is 6. The van der Waals surface area contributed by atoms with Crippen molar-refractivity contribution in [3.05, 3.63) is 71.8 Å². The molecule has 4 amide bonds. The van der Waals surface area contributed by atoms with Crippen LogP contribution in [0, 0.1) is 17.8 Å². The molecule has 13 heteroatoms. The summed E-state index contributed by atoms with van der Waals surface area (Å²) in [5.41, 5.74) is 0.700. The zero-order chi connectivity index (χ0) is 39.2. The Kier molecular flexibility index (Phi) is 16.8. The molecule has 0 fully saturated rings. The molecule has 0 aliphatic rings. The largest absolute Gasteiger partial charge is 0.459 e.